The molecule has 5 N–H and O–H groups in total. The van der Waals surface area contributed by atoms with Crippen LogP contribution in [-0.2, 0) is 6.54 Å². The van der Waals surface area contributed by atoms with Gasteiger partial charge in [0.05, 0.1) is 11.9 Å². The Bertz CT molecular complexity index is 465. The van der Waals surface area contributed by atoms with Gasteiger partial charge in [0.1, 0.15) is 5.82 Å². The lowest BCUT2D eigenvalue weighted by molar-refractivity contribution is 1.07. The van der Waals surface area contributed by atoms with E-state index >= 15 is 0 Å². The summed E-state index contributed by atoms with van der Waals surface area (Å²) in [5, 5.41) is 3.18. The Hall–Kier alpha value is -2.07. The molecule has 0 aliphatic heterocycles. The molecule has 0 unspecified atom stereocenters. The molecule has 0 bridgehead atoms. The van der Waals surface area contributed by atoms with E-state index in [-0.39, 0.29) is 0 Å². The zero-order valence-electron chi connectivity index (χ0n) is 8.85. The van der Waals surface area contributed by atoms with Crippen LogP contribution in [0.4, 0.5) is 17.2 Å². The number of aromatic nitrogens is 1. The minimum Gasteiger partial charge on any atom is -0.397 e. The van der Waals surface area contributed by atoms with Gasteiger partial charge in [-0.25, -0.2) is 4.98 Å². The van der Waals surface area contributed by atoms with Gasteiger partial charge in [0.15, 0.2) is 0 Å². The number of nitrogens with zero attached hydrogens (tertiary/aromatic N) is 1. The summed E-state index contributed by atoms with van der Waals surface area (Å²) in [6.07, 6.45) is 1.62. The number of benzene rings is 1. The van der Waals surface area contributed by atoms with Crippen molar-refractivity contribution < 1.29 is 0 Å². The number of rotatable bonds is 3. The number of hydrogen-bond donors (Lipinski definition) is 3. The van der Waals surface area contributed by atoms with Crippen LogP contribution in [0.2, 0.25) is 0 Å². The normalized spacial score (nSPS) is 10.1. The van der Waals surface area contributed by atoms with E-state index in [9.17, 15) is 0 Å². The molecule has 0 amide bonds. The second-order valence-electron chi connectivity index (χ2n) is 3.51. The van der Waals surface area contributed by atoms with Crippen LogP contribution in [0, 0.1) is 0 Å². The molecule has 0 atom stereocenters. The van der Waals surface area contributed by atoms with Gasteiger partial charge in [0.25, 0.3) is 0 Å². The summed E-state index contributed by atoms with van der Waals surface area (Å²) in [5.74, 6) is 0.767. The molecule has 0 saturated heterocycles. The summed E-state index contributed by atoms with van der Waals surface area (Å²) in [4.78, 5) is 4.16. The van der Waals surface area contributed by atoms with Crippen LogP contribution in [0.5, 0.6) is 0 Å². The molecule has 16 heavy (non-hydrogen) atoms. The van der Waals surface area contributed by atoms with Crippen LogP contribution in [0.25, 0.3) is 0 Å². The van der Waals surface area contributed by atoms with Gasteiger partial charge in [-0.05, 0) is 29.8 Å². The SMILES string of the molecule is NCc1cccc(Nc2ccc(N)cn2)c1. The van der Waals surface area contributed by atoms with Crippen molar-refractivity contribution in [1.82, 2.24) is 4.98 Å². The van der Waals surface area contributed by atoms with Gasteiger partial charge >= 0.3 is 0 Å². The minimum absolute atomic E-state index is 0.532. The second-order valence-corrected chi connectivity index (χ2v) is 3.51. The van der Waals surface area contributed by atoms with Gasteiger partial charge < -0.3 is 16.8 Å². The van der Waals surface area contributed by atoms with E-state index in [2.05, 4.69) is 10.3 Å². The smallest absolute Gasteiger partial charge is 0.130 e. The predicted molar refractivity (Wildman–Crippen MR) is 66.3 cm³/mol. The molecular weight excluding hydrogens is 200 g/mol. The Morgan fingerprint density at radius 2 is 2.06 bits per heavy atom. The number of hydrogen-bond acceptors (Lipinski definition) is 4. The van der Waals surface area contributed by atoms with Crippen molar-refractivity contribution >= 4 is 17.2 Å². The van der Waals surface area contributed by atoms with Crippen LogP contribution in [-0.4, -0.2) is 4.98 Å². The number of nitrogens with one attached hydrogen (secondary N) is 1. The molecule has 82 valence electrons. The molecule has 2 rings (SSSR count). The first-order valence-corrected chi connectivity index (χ1v) is 5.05. The highest BCUT2D eigenvalue weighted by Gasteiger charge is 1.96. The van der Waals surface area contributed by atoms with Gasteiger partial charge in [-0.1, -0.05) is 12.1 Å². The summed E-state index contributed by atoms with van der Waals surface area (Å²) in [6.45, 7) is 0.532. The summed E-state index contributed by atoms with van der Waals surface area (Å²) < 4.78 is 0. The molecule has 0 aliphatic carbocycles. The number of anilines is 3. The number of nitrogen functional groups attached to an aromatic ring is 1. The minimum atomic E-state index is 0.532. The third-order valence-corrected chi connectivity index (χ3v) is 2.22. The maximum Gasteiger partial charge on any atom is 0.130 e. The maximum atomic E-state index is 5.57. The van der Waals surface area contributed by atoms with Crippen molar-refractivity contribution in [2.45, 2.75) is 6.54 Å². The van der Waals surface area contributed by atoms with Crippen LogP contribution in [0.15, 0.2) is 42.6 Å². The second kappa shape index (κ2) is 4.63. The van der Waals surface area contributed by atoms with Gasteiger partial charge in [0, 0.05) is 12.2 Å². The third-order valence-electron chi connectivity index (χ3n) is 2.22. The van der Waals surface area contributed by atoms with Crippen molar-refractivity contribution in [2.24, 2.45) is 5.73 Å². The molecule has 2 aromatic rings. The van der Waals surface area contributed by atoms with Crippen molar-refractivity contribution in [3.8, 4) is 0 Å². The fourth-order valence-electron chi connectivity index (χ4n) is 1.40. The average Bonchev–Trinajstić information content (AvgIpc) is 2.32. The first-order chi connectivity index (χ1) is 7.78. The van der Waals surface area contributed by atoms with Gasteiger partial charge in [-0.2, -0.15) is 0 Å². The molecule has 1 heterocycles. The number of nitrogens with two attached hydrogens (primary N) is 2. The Labute approximate surface area is 94.3 Å². The standard InChI is InChI=1S/C12H14N4/c13-7-9-2-1-3-11(6-9)16-12-5-4-10(14)8-15-12/h1-6,8H,7,13-14H2,(H,15,16). The van der Waals surface area contributed by atoms with E-state index in [0.29, 0.717) is 12.2 Å². The molecule has 1 aromatic carbocycles. The van der Waals surface area contributed by atoms with Crippen molar-refractivity contribution in [2.75, 3.05) is 11.1 Å². The highest BCUT2D eigenvalue weighted by molar-refractivity contribution is 5.58. The highest BCUT2D eigenvalue weighted by atomic mass is 15.0. The molecule has 0 spiro atoms. The fourth-order valence-corrected chi connectivity index (χ4v) is 1.40. The quantitative estimate of drug-likeness (QED) is 0.729. The van der Waals surface area contributed by atoms with Crippen LogP contribution in [0.3, 0.4) is 0 Å². The predicted octanol–water partition coefficient (Wildman–Crippen LogP) is 1.87. The van der Waals surface area contributed by atoms with E-state index in [1.165, 1.54) is 0 Å². The molecule has 4 nitrogen and oxygen atoms in total. The molecule has 0 saturated carbocycles. The highest BCUT2D eigenvalue weighted by Crippen LogP contribution is 2.16. The van der Waals surface area contributed by atoms with Crippen LogP contribution >= 0.6 is 0 Å². The van der Waals surface area contributed by atoms with Gasteiger partial charge in [0.2, 0.25) is 0 Å². The fraction of sp³-hybridized carbons (Fsp3) is 0.0833. The summed E-state index contributed by atoms with van der Waals surface area (Å²) in [7, 11) is 0. The lowest BCUT2D eigenvalue weighted by atomic mass is 10.2. The van der Waals surface area contributed by atoms with Crippen molar-refractivity contribution in [3.05, 3.63) is 48.2 Å². The van der Waals surface area contributed by atoms with E-state index in [1.807, 2.05) is 36.4 Å². The van der Waals surface area contributed by atoms with Crippen LogP contribution in [0.1, 0.15) is 5.56 Å². The molecule has 0 aliphatic rings. The van der Waals surface area contributed by atoms with E-state index in [1.54, 1.807) is 6.20 Å². The average molecular weight is 214 g/mol. The summed E-state index contributed by atoms with van der Waals surface area (Å²) in [5.41, 5.74) is 13.8. The third kappa shape index (κ3) is 2.49. The molecular formula is C12H14N4. The van der Waals surface area contributed by atoms with Crippen molar-refractivity contribution in [1.29, 1.82) is 0 Å². The lowest BCUT2D eigenvalue weighted by Gasteiger charge is -2.06. The van der Waals surface area contributed by atoms with E-state index < -0.39 is 0 Å². The Balaban J connectivity index is 2.16. The number of pyridine rings is 1. The summed E-state index contributed by atoms with van der Waals surface area (Å²) >= 11 is 0. The first-order valence-electron chi connectivity index (χ1n) is 5.05. The molecule has 1 aromatic heterocycles. The maximum absolute atomic E-state index is 5.57. The monoisotopic (exact) mass is 214 g/mol. The van der Waals surface area contributed by atoms with E-state index in [4.69, 9.17) is 11.5 Å². The summed E-state index contributed by atoms with van der Waals surface area (Å²) in [6, 6.07) is 11.6. The first kappa shape index (κ1) is 10.4. The zero-order valence-corrected chi connectivity index (χ0v) is 8.85. The van der Waals surface area contributed by atoms with Crippen molar-refractivity contribution in [3.63, 3.8) is 0 Å². The van der Waals surface area contributed by atoms with Crippen LogP contribution < -0.4 is 16.8 Å². The Morgan fingerprint density at radius 1 is 1.19 bits per heavy atom. The molecule has 0 radical (unpaired) electrons. The molecule has 0 fully saturated rings. The Kier molecular flexibility index (Phi) is 3.03. The van der Waals surface area contributed by atoms with Gasteiger partial charge in [-0.3, -0.25) is 0 Å². The molecule has 4 heteroatoms. The van der Waals surface area contributed by atoms with E-state index in [0.717, 1.165) is 17.1 Å². The largest absolute Gasteiger partial charge is 0.397 e. The van der Waals surface area contributed by atoms with Gasteiger partial charge in [-0.15, -0.1) is 0 Å². The lowest BCUT2D eigenvalue weighted by Crippen LogP contribution is -1.98. The Morgan fingerprint density at radius 3 is 2.75 bits per heavy atom. The topological polar surface area (TPSA) is 77.0 Å². The zero-order chi connectivity index (χ0) is 11.4.